The van der Waals surface area contributed by atoms with Crippen LogP contribution in [-0.2, 0) is 25.6 Å². The van der Waals surface area contributed by atoms with Gasteiger partial charge in [-0.25, -0.2) is 4.79 Å². The molecule has 0 radical (unpaired) electrons. The van der Waals surface area contributed by atoms with Gasteiger partial charge in [0.2, 0.25) is 0 Å². The van der Waals surface area contributed by atoms with E-state index in [1.807, 2.05) is 56.3 Å². The van der Waals surface area contributed by atoms with Gasteiger partial charge in [-0.05, 0) is 25.8 Å². The molecule has 0 bridgehead atoms. The maximum absolute atomic E-state index is 12.5. The number of rotatable bonds is 6. The summed E-state index contributed by atoms with van der Waals surface area (Å²) in [6.45, 7) is 4.27. The van der Waals surface area contributed by atoms with Crippen LogP contribution in [0.2, 0.25) is 0 Å². The molecule has 0 unspecified atom stereocenters. The van der Waals surface area contributed by atoms with Crippen molar-refractivity contribution >= 4 is 12.1 Å². The topological polar surface area (TPSA) is 65.1 Å². The number of carbonyl (C=O) groups excluding carboxylic acids is 2. The number of amides is 1. The zero-order chi connectivity index (χ0) is 18.3. The fraction of sp³-hybridized carbons (Fsp3) is 0.474. The number of methoxy groups -OCH3 is 1. The summed E-state index contributed by atoms with van der Waals surface area (Å²) >= 11 is 0. The van der Waals surface area contributed by atoms with E-state index >= 15 is 0 Å². The molecule has 0 aromatic heterocycles. The van der Waals surface area contributed by atoms with Gasteiger partial charge in [-0.3, -0.25) is 9.69 Å². The minimum atomic E-state index is -0.745. The lowest BCUT2D eigenvalue weighted by molar-refractivity contribution is -0.140. The Kier molecular flexibility index (Phi) is 6.58. The molecule has 1 amide bonds. The van der Waals surface area contributed by atoms with Gasteiger partial charge in [0.05, 0.1) is 19.8 Å². The molecule has 1 fully saturated rings. The summed E-state index contributed by atoms with van der Waals surface area (Å²) in [5, 5.41) is 0. The summed E-state index contributed by atoms with van der Waals surface area (Å²) in [5.74, 6) is -0.258. The lowest BCUT2D eigenvalue weighted by atomic mass is 10.2. The van der Waals surface area contributed by atoms with Crippen LogP contribution in [0.4, 0.5) is 4.79 Å². The van der Waals surface area contributed by atoms with Gasteiger partial charge in [-0.1, -0.05) is 42.5 Å². The van der Waals surface area contributed by atoms with Gasteiger partial charge < -0.3 is 14.2 Å². The van der Waals surface area contributed by atoms with Crippen molar-refractivity contribution in [2.24, 2.45) is 0 Å². The zero-order valence-electron chi connectivity index (χ0n) is 14.9. The summed E-state index contributed by atoms with van der Waals surface area (Å²) in [6, 6.07) is 9.30. The summed E-state index contributed by atoms with van der Waals surface area (Å²) in [5.41, 5.74) is 0.185. The molecule has 6 heteroatoms. The number of ether oxygens (including phenoxy) is 3. The fourth-order valence-electron chi connectivity index (χ4n) is 2.67. The molecule has 0 N–H and O–H groups in total. The molecular formula is C19H25NO5. The molecule has 0 spiro atoms. The van der Waals surface area contributed by atoms with Gasteiger partial charge in [-0.2, -0.15) is 0 Å². The third-order valence-corrected chi connectivity index (χ3v) is 4.02. The molecule has 136 valence electrons. The highest BCUT2D eigenvalue weighted by Gasteiger charge is 2.43. The molecule has 1 aromatic rings. The van der Waals surface area contributed by atoms with Crippen LogP contribution < -0.4 is 0 Å². The number of carbonyl (C=O) groups is 2. The second-order valence-corrected chi connectivity index (χ2v) is 6.28. The molecule has 1 aliphatic rings. The van der Waals surface area contributed by atoms with Crippen LogP contribution in [0, 0.1) is 0 Å². The van der Waals surface area contributed by atoms with Crippen molar-refractivity contribution in [3.63, 3.8) is 0 Å². The van der Waals surface area contributed by atoms with Crippen molar-refractivity contribution in [1.82, 2.24) is 4.90 Å². The third-order valence-electron chi connectivity index (χ3n) is 4.02. The predicted octanol–water partition coefficient (Wildman–Crippen LogP) is 3.27. The number of nitrogens with zero attached hydrogens (tertiary/aromatic N) is 1. The van der Waals surface area contributed by atoms with E-state index in [0.29, 0.717) is 19.4 Å². The van der Waals surface area contributed by atoms with Crippen LogP contribution in [0.25, 0.3) is 0 Å². The van der Waals surface area contributed by atoms with E-state index in [0.717, 1.165) is 5.56 Å². The molecular weight excluding hydrogens is 322 g/mol. The standard InChI is InChI=1S/C19H25NO5/c1-19(2)20(18(22)24-13-15-9-5-4-6-10-15)16(14-25-19)11-7-8-12-17(21)23-3/h4-7,9-11,16H,8,12-14H2,1-3H3/b11-7+/t16-/m0/s1. The Morgan fingerprint density at radius 2 is 2.04 bits per heavy atom. The summed E-state index contributed by atoms with van der Waals surface area (Å²) < 4.78 is 15.8. The molecule has 1 atom stereocenters. The Morgan fingerprint density at radius 3 is 2.72 bits per heavy atom. The van der Waals surface area contributed by atoms with Crippen molar-refractivity contribution < 1.29 is 23.8 Å². The predicted molar refractivity (Wildman–Crippen MR) is 92.7 cm³/mol. The molecule has 1 heterocycles. The van der Waals surface area contributed by atoms with Gasteiger partial charge >= 0.3 is 12.1 Å². The highest BCUT2D eigenvalue weighted by atomic mass is 16.6. The number of benzene rings is 1. The van der Waals surface area contributed by atoms with Gasteiger partial charge in [-0.15, -0.1) is 0 Å². The van der Waals surface area contributed by atoms with Crippen LogP contribution >= 0.6 is 0 Å². The second-order valence-electron chi connectivity index (χ2n) is 6.28. The van der Waals surface area contributed by atoms with Crippen molar-refractivity contribution in [2.75, 3.05) is 13.7 Å². The van der Waals surface area contributed by atoms with E-state index in [-0.39, 0.29) is 18.6 Å². The lowest BCUT2D eigenvalue weighted by Crippen LogP contribution is -2.47. The monoisotopic (exact) mass is 347 g/mol. The zero-order valence-corrected chi connectivity index (χ0v) is 14.9. The fourth-order valence-corrected chi connectivity index (χ4v) is 2.67. The van der Waals surface area contributed by atoms with E-state index < -0.39 is 11.8 Å². The molecule has 1 saturated heterocycles. The Morgan fingerprint density at radius 1 is 1.32 bits per heavy atom. The van der Waals surface area contributed by atoms with E-state index in [2.05, 4.69) is 4.74 Å². The number of hydrogen-bond donors (Lipinski definition) is 0. The van der Waals surface area contributed by atoms with E-state index in [4.69, 9.17) is 9.47 Å². The van der Waals surface area contributed by atoms with E-state index in [9.17, 15) is 9.59 Å². The Bertz CT molecular complexity index is 612. The highest BCUT2D eigenvalue weighted by Crippen LogP contribution is 2.29. The quantitative estimate of drug-likeness (QED) is 0.584. The van der Waals surface area contributed by atoms with Crippen LogP contribution in [0.3, 0.4) is 0 Å². The molecule has 1 aromatic carbocycles. The molecule has 0 aliphatic carbocycles. The van der Waals surface area contributed by atoms with Crippen LogP contribution in [-0.4, -0.2) is 42.4 Å². The first-order valence-corrected chi connectivity index (χ1v) is 8.31. The molecule has 0 saturated carbocycles. The van der Waals surface area contributed by atoms with Crippen LogP contribution in [0.15, 0.2) is 42.5 Å². The van der Waals surface area contributed by atoms with E-state index in [1.54, 1.807) is 4.90 Å². The van der Waals surface area contributed by atoms with Crippen molar-refractivity contribution in [3.8, 4) is 0 Å². The van der Waals surface area contributed by atoms with Gasteiger partial charge in [0.15, 0.2) is 0 Å². The Balaban J connectivity index is 1.94. The number of allylic oxidation sites excluding steroid dienone is 1. The first-order valence-electron chi connectivity index (χ1n) is 8.31. The van der Waals surface area contributed by atoms with Crippen LogP contribution in [0.1, 0.15) is 32.3 Å². The minimum absolute atomic E-state index is 0.213. The number of esters is 1. The smallest absolute Gasteiger partial charge is 0.412 e. The van der Waals surface area contributed by atoms with Gasteiger partial charge in [0.25, 0.3) is 0 Å². The summed E-state index contributed by atoms with van der Waals surface area (Å²) in [4.78, 5) is 25.3. The molecule has 2 rings (SSSR count). The Labute approximate surface area is 148 Å². The lowest BCUT2D eigenvalue weighted by Gasteiger charge is -2.31. The first kappa shape index (κ1) is 19.0. The van der Waals surface area contributed by atoms with Gasteiger partial charge in [0, 0.05) is 6.42 Å². The summed E-state index contributed by atoms with van der Waals surface area (Å²) in [6.07, 6.45) is 4.18. The maximum atomic E-state index is 12.5. The largest absolute Gasteiger partial charge is 0.469 e. The normalized spacial score (nSPS) is 19.2. The third kappa shape index (κ3) is 5.32. The number of hydrogen-bond acceptors (Lipinski definition) is 5. The SMILES string of the molecule is COC(=O)CC/C=C/[C@H]1COC(C)(C)N1C(=O)OCc1ccccc1. The summed E-state index contributed by atoms with van der Waals surface area (Å²) in [7, 11) is 1.36. The molecule has 25 heavy (non-hydrogen) atoms. The average Bonchev–Trinajstić information content (AvgIpc) is 2.91. The molecule has 6 nitrogen and oxygen atoms in total. The maximum Gasteiger partial charge on any atom is 0.412 e. The minimum Gasteiger partial charge on any atom is -0.469 e. The molecule has 1 aliphatic heterocycles. The highest BCUT2D eigenvalue weighted by molar-refractivity contribution is 5.70. The van der Waals surface area contributed by atoms with Crippen LogP contribution in [0.5, 0.6) is 0 Å². The Hall–Kier alpha value is -2.34. The van der Waals surface area contributed by atoms with Crippen molar-refractivity contribution in [2.45, 2.75) is 45.1 Å². The van der Waals surface area contributed by atoms with Crippen molar-refractivity contribution in [3.05, 3.63) is 48.0 Å². The van der Waals surface area contributed by atoms with E-state index in [1.165, 1.54) is 7.11 Å². The van der Waals surface area contributed by atoms with Crippen molar-refractivity contribution in [1.29, 1.82) is 0 Å². The van der Waals surface area contributed by atoms with Gasteiger partial charge in [0.1, 0.15) is 12.3 Å². The second kappa shape index (κ2) is 8.67. The average molecular weight is 347 g/mol. The first-order chi connectivity index (χ1) is 11.9.